The second-order valence-electron chi connectivity index (χ2n) is 4.73. The minimum absolute atomic E-state index is 0.0781. The van der Waals surface area contributed by atoms with Crippen molar-refractivity contribution in [1.29, 1.82) is 0 Å². The summed E-state index contributed by atoms with van der Waals surface area (Å²) in [6.45, 7) is 10.5. The van der Waals surface area contributed by atoms with E-state index >= 15 is 0 Å². The molecule has 0 bridgehead atoms. The van der Waals surface area contributed by atoms with Crippen LogP contribution in [0, 0.1) is 5.41 Å². The molecule has 2 heteroatoms. The largest absolute Gasteiger partial charge is 0.460 e. The van der Waals surface area contributed by atoms with Crippen molar-refractivity contribution in [2.75, 3.05) is 0 Å². The number of rotatable bonds is 6. The van der Waals surface area contributed by atoms with Crippen molar-refractivity contribution < 1.29 is 9.53 Å². The minimum Gasteiger partial charge on any atom is -0.460 e. The van der Waals surface area contributed by atoms with Crippen LogP contribution in [-0.4, -0.2) is 5.97 Å². The molecule has 1 atom stereocenters. The molecule has 0 aliphatic rings. The smallest absolute Gasteiger partial charge is 0.312 e. The number of hydrogen-bond acceptors (Lipinski definition) is 2. The molecule has 0 saturated carbocycles. The Hall–Kier alpha value is -1.31. The summed E-state index contributed by atoms with van der Waals surface area (Å²) in [5.74, 6) is -0.0781. The van der Waals surface area contributed by atoms with E-state index in [1.54, 1.807) is 0 Å². The van der Waals surface area contributed by atoms with Crippen LogP contribution in [0.15, 0.2) is 30.3 Å². The first-order chi connectivity index (χ1) is 9.12. The average molecular weight is 264 g/mol. The Morgan fingerprint density at radius 3 is 2.21 bits per heavy atom. The van der Waals surface area contributed by atoms with E-state index in [4.69, 9.17) is 4.74 Å². The van der Waals surface area contributed by atoms with Crippen molar-refractivity contribution in [1.82, 2.24) is 0 Å². The van der Waals surface area contributed by atoms with Crippen molar-refractivity contribution >= 4 is 5.97 Å². The molecule has 0 N–H and O–H groups in total. The fourth-order valence-electron chi connectivity index (χ4n) is 1.87. The van der Waals surface area contributed by atoms with Gasteiger partial charge in [-0.3, -0.25) is 4.79 Å². The first-order valence-corrected chi connectivity index (χ1v) is 7.33. The summed E-state index contributed by atoms with van der Waals surface area (Å²) in [6, 6.07) is 9.80. The van der Waals surface area contributed by atoms with Crippen molar-refractivity contribution in [3.05, 3.63) is 35.9 Å². The Morgan fingerprint density at radius 2 is 1.74 bits per heavy atom. The van der Waals surface area contributed by atoms with Crippen LogP contribution in [-0.2, 0) is 16.1 Å². The molecule has 0 spiro atoms. The maximum atomic E-state index is 12.0. The van der Waals surface area contributed by atoms with Crippen molar-refractivity contribution in [3.8, 4) is 0 Å². The predicted octanol–water partition coefficient (Wildman–Crippen LogP) is 4.97. The Morgan fingerprint density at radius 1 is 1.16 bits per heavy atom. The zero-order valence-electron chi connectivity index (χ0n) is 13.0. The van der Waals surface area contributed by atoms with Crippen molar-refractivity contribution in [3.63, 3.8) is 0 Å². The third kappa shape index (κ3) is 5.91. The van der Waals surface area contributed by atoms with Crippen LogP contribution >= 0.6 is 0 Å². The maximum absolute atomic E-state index is 12.0. The lowest BCUT2D eigenvalue weighted by Gasteiger charge is -2.25. The van der Waals surface area contributed by atoms with Gasteiger partial charge in [0.2, 0.25) is 0 Å². The summed E-state index contributed by atoms with van der Waals surface area (Å²) in [4.78, 5) is 12.0. The van der Waals surface area contributed by atoms with Crippen LogP contribution in [0.1, 0.15) is 59.4 Å². The molecule has 0 saturated heterocycles. The molecule has 2 nitrogen and oxygen atoms in total. The first-order valence-electron chi connectivity index (χ1n) is 7.33. The van der Waals surface area contributed by atoms with Gasteiger partial charge in [0.1, 0.15) is 6.61 Å². The third-order valence-corrected chi connectivity index (χ3v) is 3.29. The lowest BCUT2D eigenvalue weighted by molar-refractivity contribution is -0.157. The SMILES string of the molecule is CC.CCCC(C)(CC)C(=O)OCc1ccccc1. The molecule has 1 aromatic rings. The maximum Gasteiger partial charge on any atom is 0.312 e. The lowest BCUT2D eigenvalue weighted by Crippen LogP contribution is -2.29. The summed E-state index contributed by atoms with van der Waals surface area (Å²) in [5.41, 5.74) is 0.708. The van der Waals surface area contributed by atoms with Gasteiger partial charge < -0.3 is 4.74 Å². The van der Waals surface area contributed by atoms with Gasteiger partial charge in [-0.2, -0.15) is 0 Å². The van der Waals surface area contributed by atoms with E-state index in [2.05, 4.69) is 6.92 Å². The Balaban J connectivity index is 0.00000154. The molecule has 1 aromatic carbocycles. The van der Waals surface area contributed by atoms with E-state index in [-0.39, 0.29) is 11.4 Å². The second-order valence-corrected chi connectivity index (χ2v) is 4.73. The number of carbonyl (C=O) groups excluding carboxylic acids is 1. The second kappa shape index (κ2) is 9.60. The number of carbonyl (C=O) groups is 1. The molecule has 0 heterocycles. The monoisotopic (exact) mass is 264 g/mol. The van der Waals surface area contributed by atoms with Gasteiger partial charge in [0.15, 0.2) is 0 Å². The van der Waals surface area contributed by atoms with Crippen molar-refractivity contribution in [2.45, 2.75) is 60.5 Å². The molecule has 1 unspecified atom stereocenters. The van der Waals surface area contributed by atoms with Crippen LogP contribution < -0.4 is 0 Å². The van der Waals surface area contributed by atoms with Gasteiger partial charge in [-0.1, -0.05) is 64.4 Å². The van der Waals surface area contributed by atoms with Gasteiger partial charge in [-0.05, 0) is 25.3 Å². The summed E-state index contributed by atoms with van der Waals surface area (Å²) >= 11 is 0. The molecule has 108 valence electrons. The van der Waals surface area contributed by atoms with Gasteiger partial charge in [0.25, 0.3) is 0 Å². The standard InChI is InChI=1S/C15H22O2.C2H6/c1-4-11-15(3,5-2)14(16)17-12-13-9-7-6-8-10-13;1-2/h6-10H,4-5,11-12H2,1-3H3;1-2H3. The van der Waals surface area contributed by atoms with Gasteiger partial charge in [-0.15, -0.1) is 0 Å². The molecule has 0 aromatic heterocycles. The van der Waals surface area contributed by atoms with Gasteiger partial charge in [-0.25, -0.2) is 0 Å². The molecule has 0 fully saturated rings. The zero-order chi connectivity index (χ0) is 14.7. The lowest BCUT2D eigenvalue weighted by atomic mass is 9.83. The molecule has 0 radical (unpaired) electrons. The van der Waals surface area contributed by atoms with E-state index in [1.807, 2.05) is 58.0 Å². The fourth-order valence-corrected chi connectivity index (χ4v) is 1.87. The van der Waals surface area contributed by atoms with E-state index in [1.165, 1.54) is 0 Å². The highest BCUT2D eigenvalue weighted by Gasteiger charge is 2.31. The molecule has 0 aliphatic carbocycles. The third-order valence-electron chi connectivity index (χ3n) is 3.29. The van der Waals surface area contributed by atoms with Crippen LogP contribution in [0.4, 0.5) is 0 Å². The van der Waals surface area contributed by atoms with Crippen LogP contribution in [0.25, 0.3) is 0 Å². The Kier molecular flexibility index (Phi) is 8.94. The van der Waals surface area contributed by atoms with Gasteiger partial charge >= 0.3 is 5.97 Å². The van der Waals surface area contributed by atoms with Crippen molar-refractivity contribution in [2.24, 2.45) is 5.41 Å². The topological polar surface area (TPSA) is 26.3 Å². The molecule has 19 heavy (non-hydrogen) atoms. The number of benzene rings is 1. The minimum atomic E-state index is -0.330. The van der Waals surface area contributed by atoms with E-state index in [0.29, 0.717) is 6.61 Å². The molecular weight excluding hydrogens is 236 g/mol. The Bertz CT molecular complexity index is 346. The predicted molar refractivity (Wildman–Crippen MR) is 80.9 cm³/mol. The van der Waals surface area contributed by atoms with Gasteiger partial charge in [0.05, 0.1) is 5.41 Å². The zero-order valence-corrected chi connectivity index (χ0v) is 13.0. The molecule has 0 aliphatic heterocycles. The number of hydrogen-bond donors (Lipinski definition) is 0. The molecule has 0 amide bonds. The fraction of sp³-hybridized carbons (Fsp3) is 0.588. The summed E-state index contributed by atoms with van der Waals surface area (Å²) < 4.78 is 5.40. The molecular formula is C17H28O2. The van der Waals surface area contributed by atoms with E-state index < -0.39 is 0 Å². The van der Waals surface area contributed by atoms with Crippen LogP contribution in [0.5, 0.6) is 0 Å². The molecule has 1 rings (SSSR count). The summed E-state index contributed by atoms with van der Waals surface area (Å²) in [6.07, 6.45) is 2.72. The average Bonchev–Trinajstić information content (AvgIpc) is 2.48. The van der Waals surface area contributed by atoms with E-state index in [0.717, 1.165) is 24.8 Å². The van der Waals surface area contributed by atoms with Gasteiger partial charge in [0, 0.05) is 0 Å². The summed E-state index contributed by atoms with van der Waals surface area (Å²) in [5, 5.41) is 0. The highest BCUT2D eigenvalue weighted by atomic mass is 16.5. The van der Waals surface area contributed by atoms with Crippen LogP contribution in [0.2, 0.25) is 0 Å². The Labute approximate surface area is 118 Å². The van der Waals surface area contributed by atoms with E-state index in [9.17, 15) is 4.79 Å². The highest BCUT2D eigenvalue weighted by Crippen LogP contribution is 2.29. The van der Waals surface area contributed by atoms with Crippen LogP contribution in [0.3, 0.4) is 0 Å². The number of esters is 1. The first kappa shape index (κ1) is 17.7. The summed E-state index contributed by atoms with van der Waals surface area (Å²) in [7, 11) is 0. The quantitative estimate of drug-likeness (QED) is 0.678. The normalized spacial score (nSPS) is 12.9. The highest BCUT2D eigenvalue weighted by molar-refractivity contribution is 5.76. The number of ether oxygens (including phenoxy) is 1.